The van der Waals surface area contributed by atoms with Crippen molar-refractivity contribution in [1.29, 1.82) is 5.26 Å². The molecule has 0 aromatic rings. The number of hydrogen-bond donors (Lipinski definition) is 0. The van der Waals surface area contributed by atoms with Gasteiger partial charge >= 0.3 is 23.1 Å². The third-order valence-corrected chi connectivity index (χ3v) is 1.62. The molecule has 0 bridgehead atoms. The smallest absolute Gasteiger partial charge is 1.00 e. The van der Waals surface area contributed by atoms with Gasteiger partial charge in [0, 0.05) is 0 Å². The van der Waals surface area contributed by atoms with Crippen molar-refractivity contribution in [3.8, 4) is 6.07 Å². The van der Waals surface area contributed by atoms with E-state index in [0.717, 1.165) is 18.8 Å². The van der Waals surface area contributed by atoms with Crippen molar-refractivity contribution in [3.05, 3.63) is 5.92 Å². The van der Waals surface area contributed by atoms with Crippen molar-refractivity contribution < 1.29 is 17.0 Å². The first-order chi connectivity index (χ1) is 3.93. The van der Waals surface area contributed by atoms with Crippen LogP contribution in [0.5, 0.6) is 0 Å². The molecule has 0 unspecified atom stereocenters. The molecule has 1 rings (SSSR count). The third kappa shape index (κ3) is 4.43. The molecule has 1 aliphatic rings. The van der Waals surface area contributed by atoms with E-state index in [1.165, 1.54) is 19.3 Å². The molecule has 0 aromatic carbocycles. The van der Waals surface area contributed by atoms with Crippen LogP contribution in [0.4, 0.5) is 0 Å². The average Bonchev–Trinajstić information content (AvgIpc) is 1.90. The van der Waals surface area contributed by atoms with Crippen LogP contribution in [0.15, 0.2) is 0 Å². The normalized spacial score (nSPS) is 16.1. The molecule has 1 saturated carbocycles. The zero-order valence-corrected chi connectivity index (χ0v) is 9.07. The van der Waals surface area contributed by atoms with Gasteiger partial charge in [0.05, 0.1) is 0 Å². The summed E-state index contributed by atoms with van der Waals surface area (Å²) in [6, 6.07) is 2.22. The monoisotopic (exact) mass is 211 g/mol. The van der Waals surface area contributed by atoms with Gasteiger partial charge < -0.3 is 17.0 Å². The summed E-state index contributed by atoms with van der Waals surface area (Å²) in [7, 11) is 0. The Bertz CT molecular complexity index is 105. The summed E-state index contributed by atoms with van der Waals surface area (Å²) in [5.74, 6) is 1.11. The largest absolute Gasteiger partial charge is 2.00 e. The summed E-state index contributed by atoms with van der Waals surface area (Å²) in [6.07, 6.45) is 5.93. The summed E-state index contributed by atoms with van der Waals surface area (Å²) in [5.41, 5.74) is 0. The van der Waals surface area contributed by atoms with Gasteiger partial charge in [-0.1, -0.05) is 19.3 Å². The van der Waals surface area contributed by atoms with Gasteiger partial charge in [-0.3, -0.25) is 5.92 Å². The molecule has 0 atom stereocenters. The van der Waals surface area contributed by atoms with Crippen molar-refractivity contribution in [2.45, 2.75) is 32.1 Å². The zero-order valence-electron chi connectivity index (χ0n) is 6.07. The van der Waals surface area contributed by atoms with Crippen LogP contribution in [0, 0.1) is 17.2 Å². The van der Waals surface area contributed by atoms with Crippen molar-refractivity contribution in [2.24, 2.45) is 0 Å². The second-order valence-electron chi connectivity index (χ2n) is 2.28. The number of nitrogens with zero attached hydrogens (tertiary/aromatic N) is 1. The Balaban J connectivity index is 0. The fraction of sp³-hybridized carbons (Fsp3) is 0.714. The van der Waals surface area contributed by atoms with Gasteiger partial charge in [-0.25, -0.2) is 5.26 Å². The molecular weight excluding hydrogens is 202 g/mol. The Morgan fingerprint density at radius 2 is 1.60 bits per heavy atom. The topological polar surface area (TPSA) is 23.8 Å². The molecule has 0 amide bonds. The quantitative estimate of drug-likeness (QED) is 0.361. The van der Waals surface area contributed by atoms with Crippen LogP contribution in [0.25, 0.3) is 0 Å². The number of nitriles is 1. The van der Waals surface area contributed by atoms with Gasteiger partial charge in [-0.05, 0) is 0 Å². The first-order valence-corrected chi connectivity index (χ1v) is 3.18. The molecule has 0 heterocycles. The minimum Gasteiger partial charge on any atom is -1.00 e. The summed E-state index contributed by atoms with van der Waals surface area (Å²) >= 11 is 0. The molecule has 0 aliphatic heterocycles. The van der Waals surface area contributed by atoms with E-state index in [-0.39, 0.29) is 40.0 Å². The Hall–Kier alpha value is 0.606. The molecule has 52 valence electrons. The molecule has 1 aliphatic carbocycles. The van der Waals surface area contributed by atoms with E-state index in [9.17, 15) is 0 Å². The van der Waals surface area contributed by atoms with Gasteiger partial charge in [-0.15, -0.1) is 6.07 Å². The molecule has 1 fully saturated rings. The van der Waals surface area contributed by atoms with Gasteiger partial charge in [0.2, 0.25) is 0 Å². The van der Waals surface area contributed by atoms with Crippen LogP contribution < -0.4 is 17.0 Å². The van der Waals surface area contributed by atoms with Crippen molar-refractivity contribution >= 4 is 23.1 Å². The number of hydrogen-bond acceptors (Lipinski definition) is 1. The fourth-order valence-electron chi connectivity index (χ4n) is 1.09. The van der Waals surface area contributed by atoms with Crippen LogP contribution in [-0.4, -0.2) is 23.1 Å². The Morgan fingerprint density at radius 3 is 1.90 bits per heavy atom. The van der Waals surface area contributed by atoms with E-state index in [1.807, 2.05) is 0 Å². The van der Waals surface area contributed by atoms with Crippen LogP contribution in [-0.2, 0) is 0 Å². The molecule has 0 spiro atoms. The zero-order chi connectivity index (χ0) is 5.82. The van der Waals surface area contributed by atoms with Gasteiger partial charge in [0.1, 0.15) is 0 Å². The van der Waals surface area contributed by atoms with Crippen LogP contribution in [0.3, 0.4) is 0 Å². The summed E-state index contributed by atoms with van der Waals surface area (Å²) in [6.45, 7) is 0. The molecule has 0 N–H and O–H groups in total. The van der Waals surface area contributed by atoms with E-state index < -0.39 is 0 Å². The molecule has 1 nitrogen and oxygen atoms in total. The van der Waals surface area contributed by atoms with E-state index in [1.54, 1.807) is 0 Å². The predicted octanol–water partition coefficient (Wildman–Crippen LogP) is -1.33. The van der Waals surface area contributed by atoms with Crippen LogP contribution >= 0.6 is 0 Å². The van der Waals surface area contributed by atoms with Crippen molar-refractivity contribution in [2.75, 3.05) is 0 Å². The molecule has 3 heteroatoms. The third-order valence-electron chi connectivity index (χ3n) is 1.62. The van der Waals surface area contributed by atoms with E-state index in [0.29, 0.717) is 0 Å². The summed E-state index contributed by atoms with van der Waals surface area (Å²) in [4.78, 5) is 0. The molecule has 0 saturated heterocycles. The average molecular weight is 212 g/mol. The Morgan fingerprint density at radius 1 is 1.10 bits per heavy atom. The first-order valence-electron chi connectivity index (χ1n) is 3.18. The minimum atomic E-state index is 0. The SMILES string of the molecule is N#C[C-]1CCCCC1.[Br-].[Mg+2]. The van der Waals surface area contributed by atoms with Crippen molar-refractivity contribution in [1.82, 2.24) is 0 Å². The first kappa shape index (κ1) is 13.2. The second kappa shape index (κ2) is 7.71. The summed E-state index contributed by atoms with van der Waals surface area (Å²) < 4.78 is 0. The van der Waals surface area contributed by atoms with Gasteiger partial charge in [0.25, 0.3) is 0 Å². The van der Waals surface area contributed by atoms with Crippen molar-refractivity contribution in [3.63, 3.8) is 0 Å². The fourth-order valence-corrected chi connectivity index (χ4v) is 1.09. The van der Waals surface area contributed by atoms with E-state index in [4.69, 9.17) is 5.26 Å². The number of rotatable bonds is 0. The Kier molecular flexibility index (Phi) is 10.2. The predicted molar refractivity (Wildman–Crippen MR) is 37.7 cm³/mol. The summed E-state index contributed by atoms with van der Waals surface area (Å²) in [5, 5.41) is 8.40. The van der Waals surface area contributed by atoms with E-state index in [2.05, 4.69) is 6.07 Å². The van der Waals surface area contributed by atoms with Gasteiger partial charge in [0.15, 0.2) is 0 Å². The minimum absolute atomic E-state index is 0. The second-order valence-corrected chi connectivity index (χ2v) is 2.28. The maximum absolute atomic E-state index is 8.40. The van der Waals surface area contributed by atoms with Crippen LogP contribution in [0.2, 0.25) is 0 Å². The Labute approximate surface area is 89.1 Å². The maximum atomic E-state index is 8.40. The molecular formula is C7H10BrMgN. The molecule has 0 radical (unpaired) electrons. The van der Waals surface area contributed by atoms with Crippen LogP contribution in [0.1, 0.15) is 32.1 Å². The number of halogens is 1. The molecule has 0 aromatic heterocycles. The van der Waals surface area contributed by atoms with Gasteiger partial charge in [-0.2, -0.15) is 12.8 Å². The maximum Gasteiger partial charge on any atom is 2.00 e. The standard InChI is InChI=1S/C7H10N.BrH.Mg/c8-6-7-4-2-1-3-5-7;;/h1-5H2;1H;/q-1;;+2/p-1. The molecule has 10 heavy (non-hydrogen) atoms. The van der Waals surface area contributed by atoms with E-state index >= 15 is 0 Å².